The molecule has 0 fully saturated rings. The molecule has 0 radical (unpaired) electrons. The quantitative estimate of drug-likeness (QED) is 0.0395. The molecule has 0 aliphatic carbocycles. The smallest absolute Gasteiger partial charge is 0.333 e. The molecule has 0 aromatic carbocycles. The number of unbranched alkanes of at least 4 members (excludes halogenated alkanes) is 24. The van der Waals surface area contributed by atoms with Gasteiger partial charge in [-0.1, -0.05) is 163 Å². The molecule has 2 aromatic heterocycles. The van der Waals surface area contributed by atoms with Crippen LogP contribution in [0.15, 0.2) is 24.3 Å². The van der Waals surface area contributed by atoms with E-state index in [9.17, 15) is 30.0 Å². The molecule has 0 saturated carbocycles. The molecular weight excluding hydrogens is 701 g/mol. The van der Waals surface area contributed by atoms with Gasteiger partial charge in [-0.25, -0.2) is 9.59 Å². The van der Waals surface area contributed by atoms with Crippen molar-refractivity contribution in [1.82, 2.24) is 9.46 Å². The Balaban J connectivity index is 1.17. The largest absolute Gasteiger partial charge is 0.492 e. The highest BCUT2D eigenvalue weighted by Crippen LogP contribution is 2.25. The highest BCUT2D eigenvalue weighted by Gasteiger charge is 2.13. The van der Waals surface area contributed by atoms with E-state index in [4.69, 9.17) is 9.68 Å². The molecule has 0 unspecified atom stereocenters. The van der Waals surface area contributed by atoms with Crippen LogP contribution in [0.2, 0.25) is 0 Å². The Kier molecular flexibility index (Phi) is 27.0. The molecule has 0 spiro atoms. The van der Waals surface area contributed by atoms with Crippen molar-refractivity contribution in [3.63, 3.8) is 0 Å². The van der Waals surface area contributed by atoms with E-state index in [-0.39, 0.29) is 36.4 Å². The number of hydrogen-bond acceptors (Lipinski definition) is 10. The number of hydrogen-bond donors (Lipinski definition) is 4. The van der Waals surface area contributed by atoms with E-state index in [1.54, 1.807) is 0 Å². The average molecular weight is 769 g/mol. The molecule has 2 rings (SSSR count). The summed E-state index contributed by atoms with van der Waals surface area (Å²) in [7, 11) is 4.13. The summed E-state index contributed by atoms with van der Waals surface area (Å²) in [6, 6.07) is 5.10. The summed E-state index contributed by atoms with van der Waals surface area (Å²) in [5, 5.41) is 38.0. The number of nitrogens with zero attached hydrogens (tertiary/aromatic N) is 2. The van der Waals surface area contributed by atoms with Gasteiger partial charge in [0.25, 0.3) is 0 Å². The van der Waals surface area contributed by atoms with E-state index in [1.165, 1.54) is 164 Å². The Morgan fingerprint density at radius 2 is 0.596 bits per heavy atom. The normalized spacial score (nSPS) is 11.3. The van der Waals surface area contributed by atoms with E-state index < -0.39 is 11.9 Å². The minimum Gasteiger partial charge on any atom is -0.492 e. The number of carbonyl (C=O) groups excluding carboxylic acids is 2. The van der Waals surface area contributed by atoms with Crippen LogP contribution in [0.4, 0.5) is 0 Å². The molecule has 0 atom stereocenters. The maximum Gasteiger partial charge on any atom is 0.333 e. The van der Waals surface area contributed by atoms with Gasteiger partial charge in [0, 0.05) is 48.6 Å². The highest BCUT2D eigenvalue weighted by molar-refractivity contribution is 8.76. The summed E-state index contributed by atoms with van der Waals surface area (Å²) in [6.45, 7) is 0. The average Bonchev–Trinajstić information content (AvgIpc) is 3.62. The zero-order valence-electron chi connectivity index (χ0n) is 31.7. The predicted molar refractivity (Wildman–Crippen MR) is 213 cm³/mol. The Labute approximate surface area is 320 Å². The van der Waals surface area contributed by atoms with Crippen molar-refractivity contribution in [2.75, 3.05) is 11.5 Å². The molecule has 298 valence electrons. The number of carbonyl (C=O) groups is 2. The Morgan fingerprint density at radius 3 is 0.846 bits per heavy atom. The molecular formula is C40H68N2O8S2. The van der Waals surface area contributed by atoms with Crippen LogP contribution in [0.5, 0.6) is 23.5 Å². The van der Waals surface area contributed by atoms with Gasteiger partial charge in [-0.2, -0.15) is 0 Å². The van der Waals surface area contributed by atoms with E-state index in [0.29, 0.717) is 0 Å². The molecule has 0 saturated heterocycles. The summed E-state index contributed by atoms with van der Waals surface area (Å²) in [5.41, 5.74) is 0. The summed E-state index contributed by atoms with van der Waals surface area (Å²) in [5.74, 6) is 0.523. The minimum atomic E-state index is -0.448. The molecule has 12 heteroatoms. The van der Waals surface area contributed by atoms with Crippen molar-refractivity contribution in [2.24, 2.45) is 0 Å². The van der Waals surface area contributed by atoms with Crippen LogP contribution in [-0.2, 0) is 9.59 Å². The predicted octanol–water partition coefficient (Wildman–Crippen LogP) is 11.0. The van der Waals surface area contributed by atoms with Gasteiger partial charge in [-0.05, 0) is 25.7 Å². The second-order valence-electron chi connectivity index (χ2n) is 14.0. The summed E-state index contributed by atoms with van der Waals surface area (Å²) < 4.78 is 1.49. The van der Waals surface area contributed by atoms with E-state index in [0.717, 1.165) is 48.0 Å². The molecule has 4 N–H and O–H groups in total. The van der Waals surface area contributed by atoms with Crippen molar-refractivity contribution >= 4 is 33.5 Å². The lowest BCUT2D eigenvalue weighted by Crippen LogP contribution is -2.18. The summed E-state index contributed by atoms with van der Waals surface area (Å²) in [6.07, 6.45) is 32.8. The van der Waals surface area contributed by atoms with Gasteiger partial charge < -0.3 is 30.1 Å². The fourth-order valence-electron chi connectivity index (χ4n) is 6.15. The van der Waals surface area contributed by atoms with Crippen LogP contribution in [0.3, 0.4) is 0 Å². The van der Waals surface area contributed by atoms with Gasteiger partial charge in [-0.15, -0.1) is 9.46 Å². The second-order valence-corrected chi connectivity index (χ2v) is 16.7. The van der Waals surface area contributed by atoms with Crippen molar-refractivity contribution < 1.29 is 39.7 Å². The first kappa shape index (κ1) is 45.6. The third-order valence-electron chi connectivity index (χ3n) is 9.28. The first-order chi connectivity index (χ1) is 25.4. The third-order valence-corrected chi connectivity index (χ3v) is 11.9. The highest BCUT2D eigenvalue weighted by atomic mass is 33.1. The molecule has 52 heavy (non-hydrogen) atoms. The van der Waals surface area contributed by atoms with Crippen LogP contribution >= 0.6 is 21.6 Å². The van der Waals surface area contributed by atoms with Crippen LogP contribution < -0.4 is 9.68 Å². The Bertz CT molecular complexity index is 1060. The standard InChI is InChI=1S/C40H68N2O8S2/c43-35-29-30-36(44)41(35)49-39(47)27-23-19-15-11-7-3-1-5-9-13-17-21-25-33-51-52-34-26-22-18-14-10-6-2-4-8-12-16-20-24-28-40(48)50-42-37(45)31-32-38(42)46/h29-32,43-46H,1-28,33-34H2. The topological polar surface area (TPSA) is 143 Å². The maximum atomic E-state index is 11.8. The maximum absolute atomic E-state index is 11.8. The first-order valence-corrected chi connectivity index (χ1v) is 22.7. The lowest BCUT2D eigenvalue weighted by molar-refractivity contribution is -0.146. The van der Waals surface area contributed by atoms with Gasteiger partial charge in [0.05, 0.1) is 0 Å². The van der Waals surface area contributed by atoms with Crippen LogP contribution in [0.1, 0.15) is 180 Å². The minimum absolute atomic E-state index is 0.286. The molecule has 2 heterocycles. The lowest BCUT2D eigenvalue weighted by atomic mass is 10.0. The van der Waals surface area contributed by atoms with E-state index >= 15 is 0 Å². The van der Waals surface area contributed by atoms with Gasteiger partial charge in [0.2, 0.25) is 23.5 Å². The first-order valence-electron chi connectivity index (χ1n) is 20.2. The molecule has 0 bridgehead atoms. The van der Waals surface area contributed by atoms with Crippen molar-refractivity contribution in [2.45, 2.75) is 180 Å². The fraction of sp³-hybridized carbons (Fsp3) is 0.750. The fourth-order valence-corrected chi connectivity index (χ4v) is 8.45. The van der Waals surface area contributed by atoms with Crippen molar-refractivity contribution in [3.05, 3.63) is 24.3 Å². The number of aromatic nitrogens is 2. The summed E-state index contributed by atoms with van der Waals surface area (Å²) in [4.78, 5) is 33.6. The third kappa shape index (κ3) is 23.1. The van der Waals surface area contributed by atoms with Crippen LogP contribution in [-0.4, -0.2) is 53.3 Å². The van der Waals surface area contributed by atoms with Crippen LogP contribution in [0.25, 0.3) is 0 Å². The van der Waals surface area contributed by atoms with Crippen LogP contribution in [0, 0.1) is 0 Å². The Hall–Kier alpha value is -2.60. The summed E-state index contributed by atoms with van der Waals surface area (Å²) >= 11 is 0. The zero-order chi connectivity index (χ0) is 37.5. The molecule has 0 amide bonds. The molecule has 10 nitrogen and oxygen atoms in total. The van der Waals surface area contributed by atoms with Gasteiger partial charge in [0.1, 0.15) is 0 Å². The second kappa shape index (κ2) is 30.8. The van der Waals surface area contributed by atoms with E-state index in [2.05, 4.69) is 21.6 Å². The molecule has 0 aliphatic heterocycles. The van der Waals surface area contributed by atoms with Gasteiger partial charge in [-0.3, -0.25) is 0 Å². The Morgan fingerprint density at radius 1 is 0.385 bits per heavy atom. The number of aromatic hydroxyl groups is 4. The van der Waals surface area contributed by atoms with Gasteiger partial charge in [0.15, 0.2) is 0 Å². The molecule has 2 aromatic rings. The zero-order valence-corrected chi connectivity index (χ0v) is 33.3. The van der Waals surface area contributed by atoms with E-state index in [1.807, 2.05) is 0 Å². The van der Waals surface area contributed by atoms with Crippen molar-refractivity contribution in [1.29, 1.82) is 0 Å². The monoisotopic (exact) mass is 768 g/mol. The number of rotatable bonds is 35. The van der Waals surface area contributed by atoms with Crippen molar-refractivity contribution in [3.8, 4) is 23.5 Å². The molecule has 0 aliphatic rings. The van der Waals surface area contributed by atoms with Gasteiger partial charge >= 0.3 is 11.9 Å². The SMILES string of the molecule is O=C(CCCCCCCCCCCCCCCSSCCCCCCCCCCCCCCCC(=O)On1c(O)ccc1O)On1c(O)ccc1O. The lowest BCUT2D eigenvalue weighted by Gasteiger charge is -2.07.